The molecule has 0 bridgehead atoms. The molecule has 1 aliphatic rings. The number of carbonyl (C=O) groups excluding carboxylic acids is 1. The number of methoxy groups -OCH3 is 1. The van der Waals surface area contributed by atoms with E-state index in [0.717, 1.165) is 22.2 Å². The van der Waals surface area contributed by atoms with E-state index in [4.69, 9.17) is 26.5 Å². The number of thioether (sulfide) groups is 1. The van der Waals surface area contributed by atoms with Crippen LogP contribution in [0.3, 0.4) is 0 Å². The minimum atomic E-state index is -0.122. The van der Waals surface area contributed by atoms with Crippen LogP contribution in [0.15, 0.2) is 100 Å². The van der Waals surface area contributed by atoms with Gasteiger partial charge in [-0.3, -0.25) is 9.69 Å². The zero-order valence-electron chi connectivity index (χ0n) is 19.8. The molecule has 0 radical (unpaired) electrons. The molecule has 182 valence electrons. The van der Waals surface area contributed by atoms with Crippen LogP contribution in [0.2, 0.25) is 0 Å². The fraction of sp³-hybridized carbons (Fsp3) is 0.0690. The van der Waals surface area contributed by atoms with E-state index in [9.17, 15) is 4.79 Å². The summed E-state index contributed by atoms with van der Waals surface area (Å²) in [6, 6.07) is 27.3. The number of para-hydroxylation sites is 2. The lowest BCUT2D eigenvalue weighted by atomic mass is 10.1. The monoisotopic (exact) mass is 523 g/mol. The molecular formula is C29H21N3O3S2. The summed E-state index contributed by atoms with van der Waals surface area (Å²) in [6.07, 6.45) is 3.75. The first-order valence-electron chi connectivity index (χ1n) is 11.6. The maximum atomic E-state index is 13.4. The molecule has 37 heavy (non-hydrogen) atoms. The molecule has 0 spiro atoms. The van der Waals surface area contributed by atoms with Gasteiger partial charge in [0.2, 0.25) is 0 Å². The van der Waals surface area contributed by atoms with Gasteiger partial charge in [-0.05, 0) is 35.9 Å². The van der Waals surface area contributed by atoms with Crippen molar-refractivity contribution >= 4 is 51.3 Å². The van der Waals surface area contributed by atoms with Crippen LogP contribution < -0.4 is 4.74 Å². The zero-order chi connectivity index (χ0) is 25.4. The molecule has 0 N–H and O–H groups in total. The van der Waals surface area contributed by atoms with E-state index < -0.39 is 0 Å². The normalized spacial score (nSPS) is 14.7. The number of hydrogen-bond donors (Lipinski definition) is 0. The highest BCUT2D eigenvalue weighted by Crippen LogP contribution is 2.38. The van der Waals surface area contributed by atoms with Crippen LogP contribution in [0.1, 0.15) is 11.1 Å². The molecule has 6 nitrogen and oxygen atoms in total. The van der Waals surface area contributed by atoms with Gasteiger partial charge in [0.25, 0.3) is 5.91 Å². The molecule has 1 saturated heterocycles. The maximum Gasteiger partial charge on any atom is 0.266 e. The molecule has 1 aliphatic heterocycles. The van der Waals surface area contributed by atoms with E-state index in [2.05, 4.69) is 0 Å². The van der Waals surface area contributed by atoms with Crippen LogP contribution in [0.4, 0.5) is 0 Å². The van der Waals surface area contributed by atoms with Gasteiger partial charge in [0, 0.05) is 17.1 Å². The van der Waals surface area contributed by atoms with Crippen molar-refractivity contribution in [3.8, 4) is 22.9 Å². The summed E-state index contributed by atoms with van der Waals surface area (Å²) in [5, 5.41) is 5.75. The number of nitrogens with zero attached hydrogens (tertiary/aromatic N) is 3. The van der Waals surface area contributed by atoms with E-state index in [0.29, 0.717) is 38.6 Å². The number of hydrogen-bond acceptors (Lipinski definition) is 6. The van der Waals surface area contributed by atoms with Crippen molar-refractivity contribution in [2.45, 2.75) is 6.54 Å². The molecule has 1 amide bonds. The molecule has 0 unspecified atom stereocenters. The van der Waals surface area contributed by atoms with Gasteiger partial charge in [0.1, 0.15) is 10.0 Å². The fourth-order valence-electron chi connectivity index (χ4n) is 4.25. The average Bonchev–Trinajstić information content (AvgIpc) is 3.62. The second-order valence-corrected chi connectivity index (χ2v) is 10.1. The van der Waals surface area contributed by atoms with Crippen molar-refractivity contribution in [3.63, 3.8) is 0 Å². The number of furan rings is 1. The molecule has 5 aromatic rings. The number of ether oxygens (including phenoxy) is 1. The predicted octanol–water partition coefficient (Wildman–Crippen LogP) is 6.70. The fourth-order valence-corrected chi connectivity index (χ4v) is 5.50. The van der Waals surface area contributed by atoms with Gasteiger partial charge >= 0.3 is 0 Å². The molecule has 0 saturated carbocycles. The van der Waals surface area contributed by atoms with Gasteiger partial charge in [-0.2, -0.15) is 5.10 Å². The van der Waals surface area contributed by atoms with Crippen molar-refractivity contribution in [2.24, 2.45) is 0 Å². The van der Waals surface area contributed by atoms with E-state index in [1.165, 1.54) is 11.8 Å². The number of rotatable bonds is 6. The number of benzene rings is 3. The number of thiocarbonyl (C=S) groups is 1. The van der Waals surface area contributed by atoms with Crippen molar-refractivity contribution in [3.05, 3.63) is 107 Å². The molecule has 0 atom stereocenters. The molecular weight excluding hydrogens is 502 g/mol. The summed E-state index contributed by atoms with van der Waals surface area (Å²) in [5.74, 6) is 1.11. The van der Waals surface area contributed by atoms with E-state index in [1.54, 1.807) is 16.7 Å². The topological polar surface area (TPSA) is 60.5 Å². The highest BCUT2D eigenvalue weighted by atomic mass is 32.2. The SMILES string of the molecule is COc1cccc2cc(-c3nn(-c4ccccc4)cc3/C=C3\SC(=S)N(Cc4ccccc4)C3=O)oc12. The lowest BCUT2D eigenvalue weighted by Gasteiger charge is -2.14. The van der Waals surface area contributed by atoms with Gasteiger partial charge in [0.05, 0.1) is 24.2 Å². The highest BCUT2D eigenvalue weighted by molar-refractivity contribution is 8.26. The van der Waals surface area contributed by atoms with Crippen LogP contribution >= 0.6 is 24.0 Å². The lowest BCUT2D eigenvalue weighted by molar-refractivity contribution is -0.122. The Morgan fingerprint density at radius 3 is 2.54 bits per heavy atom. The first-order chi connectivity index (χ1) is 18.1. The van der Waals surface area contributed by atoms with Gasteiger partial charge in [-0.1, -0.05) is 84.6 Å². The predicted molar refractivity (Wildman–Crippen MR) is 150 cm³/mol. The summed E-state index contributed by atoms with van der Waals surface area (Å²) in [6.45, 7) is 0.433. The summed E-state index contributed by atoms with van der Waals surface area (Å²) in [7, 11) is 1.62. The number of fused-ring (bicyclic) bond motifs is 1. The van der Waals surface area contributed by atoms with Crippen LogP contribution in [0.25, 0.3) is 34.2 Å². The molecule has 0 aliphatic carbocycles. The third kappa shape index (κ3) is 4.45. The van der Waals surface area contributed by atoms with Crippen LogP contribution in [0, 0.1) is 0 Å². The Hall–Kier alpha value is -4.14. The van der Waals surface area contributed by atoms with Crippen molar-refractivity contribution < 1.29 is 13.9 Å². The second kappa shape index (κ2) is 9.72. The molecule has 6 rings (SSSR count). The Bertz CT molecular complexity index is 1660. The highest BCUT2D eigenvalue weighted by Gasteiger charge is 2.32. The molecule has 2 aromatic heterocycles. The maximum absolute atomic E-state index is 13.4. The largest absolute Gasteiger partial charge is 0.493 e. The number of amides is 1. The van der Waals surface area contributed by atoms with Gasteiger partial charge in [-0.15, -0.1) is 0 Å². The summed E-state index contributed by atoms with van der Waals surface area (Å²) < 4.78 is 14.0. The smallest absolute Gasteiger partial charge is 0.266 e. The van der Waals surface area contributed by atoms with Crippen molar-refractivity contribution in [1.29, 1.82) is 0 Å². The van der Waals surface area contributed by atoms with Gasteiger partial charge in [-0.25, -0.2) is 4.68 Å². The van der Waals surface area contributed by atoms with Crippen LogP contribution in [0.5, 0.6) is 5.75 Å². The summed E-state index contributed by atoms with van der Waals surface area (Å²) in [4.78, 5) is 15.5. The minimum absolute atomic E-state index is 0.122. The Balaban J connectivity index is 1.42. The Morgan fingerprint density at radius 2 is 1.78 bits per heavy atom. The molecule has 3 heterocycles. The number of aromatic nitrogens is 2. The summed E-state index contributed by atoms with van der Waals surface area (Å²) in [5.41, 5.74) is 3.94. The second-order valence-electron chi connectivity index (χ2n) is 8.46. The summed E-state index contributed by atoms with van der Waals surface area (Å²) >= 11 is 6.86. The van der Waals surface area contributed by atoms with Gasteiger partial charge in [0.15, 0.2) is 17.1 Å². The van der Waals surface area contributed by atoms with Crippen molar-refractivity contribution in [1.82, 2.24) is 14.7 Å². The first-order valence-corrected chi connectivity index (χ1v) is 12.8. The average molecular weight is 524 g/mol. The van der Waals surface area contributed by atoms with Crippen LogP contribution in [-0.4, -0.2) is 32.0 Å². The minimum Gasteiger partial charge on any atom is -0.493 e. The number of carbonyl (C=O) groups is 1. The third-order valence-corrected chi connectivity index (χ3v) is 7.45. The van der Waals surface area contributed by atoms with E-state index >= 15 is 0 Å². The third-order valence-electron chi connectivity index (χ3n) is 6.07. The van der Waals surface area contributed by atoms with Gasteiger partial charge < -0.3 is 9.15 Å². The Kier molecular flexibility index (Phi) is 6.12. The van der Waals surface area contributed by atoms with E-state index in [-0.39, 0.29) is 5.91 Å². The quantitative estimate of drug-likeness (QED) is 0.182. The zero-order valence-corrected chi connectivity index (χ0v) is 21.5. The standard InChI is InChI=1S/C29H21N3O3S2/c1-34-23-14-8-11-20-15-24(35-27(20)23)26-21(18-32(30-26)22-12-6-3-7-13-22)16-25-28(33)31(29(36)37-25)17-19-9-4-2-5-10-19/h2-16,18H,17H2,1H3/b25-16-. The van der Waals surface area contributed by atoms with Crippen molar-refractivity contribution in [2.75, 3.05) is 7.11 Å². The molecule has 1 fully saturated rings. The van der Waals surface area contributed by atoms with E-state index in [1.807, 2.05) is 97.2 Å². The first kappa shape index (κ1) is 23.3. The molecule has 8 heteroatoms. The Morgan fingerprint density at radius 1 is 1.03 bits per heavy atom. The lowest BCUT2D eigenvalue weighted by Crippen LogP contribution is -2.27. The van der Waals surface area contributed by atoms with Crippen LogP contribution in [-0.2, 0) is 11.3 Å². The molecule has 3 aromatic carbocycles. The Labute approximate surface area is 223 Å².